The molecule has 94 valence electrons. The lowest BCUT2D eigenvalue weighted by atomic mass is 10.0. The first-order chi connectivity index (χ1) is 7.58. The van der Waals surface area contributed by atoms with Gasteiger partial charge in [-0.25, -0.2) is 0 Å². The Morgan fingerprint density at radius 3 is 2.25 bits per heavy atom. The Kier molecular flexibility index (Phi) is 15.7. The minimum Gasteiger partial charge on any atom is -0.198 e. The van der Waals surface area contributed by atoms with Gasteiger partial charge in [-0.05, 0) is 32.1 Å². The highest BCUT2D eigenvalue weighted by atomic mass is 14.2. The van der Waals surface area contributed by atoms with E-state index in [0.29, 0.717) is 6.42 Å². The summed E-state index contributed by atoms with van der Waals surface area (Å²) in [6.45, 7) is 10.9. The molecule has 0 N–H and O–H groups in total. The Morgan fingerprint density at radius 2 is 1.88 bits per heavy atom. The Bertz CT molecular complexity index is 196. The predicted octanol–water partition coefficient (Wildman–Crippen LogP) is 5.48. The van der Waals surface area contributed by atoms with Gasteiger partial charge in [-0.3, -0.25) is 0 Å². The number of rotatable bonds is 6. The van der Waals surface area contributed by atoms with Gasteiger partial charge >= 0.3 is 0 Å². The van der Waals surface area contributed by atoms with Gasteiger partial charge in [0, 0.05) is 6.42 Å². The van der Waals surface area contributed by atoms with E-state index in [1.165, 1.54) is 32.1 Å². The van der Waals surface area contributed by atoms with Gasteiger partial charge in [0.05, 0.1) is 6.07 Å². The molecule has 0 aliphatic carbocycles. The summed E-state index contributed by atoms with van der Waals surface area (Å²) in [7, 11) is 0. The van der Waals surface area contributed by atoms with Crippen LogP contribution in [0.5, 0.6) is 0 Å². The summed E-state index contributed by atoms with van der Waals surface area (Å²) in [5.41, 5.74) is 1.58. The molecule has 0 aliphatic rings. The van der Waals surface area contributed by atoms with Crippen molar-refractivity contribution in [3.8, 4) is 6.07 Å². The summed E-state index contributed by atoms with van der Waals surface area (Å²) in [5, 5.41) is 7.62. The van der Waals surface area contributed by atoms with E-state index in [-0.39, 0.29) is 0 Å². The molecule has 0 unspecified atom stereocenters. The van der Waals surface area contributed by atoms with E-state index < -0.39 is 0 Å². The van der Waals surface area contributed by atoms with Gasteiger partial charge in [0.1, 0.15) is 0 Å². The van der Waals surface area contributed by atoms with Crippen LogP contribution in [0.15, 0.2) is 11.6 Å². The van der Waals surface area contributed by atoms with E-state index in [2.05, 4.69) is 33.8 Å². The van der Waals surface area contributed by atoms with Crippen molar-refractivity contribution in [2.24, 2.45) is 5.92 Å². The molecule has 0 saturated heterocycles. The standard InChI is InChI=1S/C12H24.C3H5N/c1-5-6-7-8-12(4)10-9-11(2)3;1-2-3-4/h8,11H,5-7,9-10H2,1-4H3;2H2,1H3. The molecular weight excluding hydrogens is 194 g/mol. The number of allylic oxidation sites excluding steroid dienone is 2. The third-order valence-corrected chi connectivity index (χ3v) is 2.32. The number of nitriles is 1. The largest absolute Gasteiger partial charge is 0.198 e. The molecule has 1 nitrogen and oxygen atoms in total. The molecule has 1 heteroatoms. The quantitative estimate of drug-likeness (QED) is 0.432. The van der Waals surface area contributed by atoms with Crippen molar-refractivity contribution in [1.82, 2.24) is 0 Å². The van der Waals surface area contributed by atoms with E-state index >= 15 is 0 Å². The van der Waals surface area contributed by atoms with Crippen molar-refractivity contribution < 1.29 is 0 Å². The first kappa shape index (κ1) is 17.6. The summed E-state index contributed by atoms with van der Waals surface area (Å²) in [5.74, 6) is 0.847. The lowest BCUT2D eigenvalue weighted by Gasteiger charge is -2.04. The zero-order valence-corrected chi connectivity index (χ0v) is 11.8. The number of unbranched alkanes of at least 4 members (excludes halogenated alkanes) is 2. The van der Waals surface area contributed by atoms with Gasteiger partial charge in [0.25, 0.3) is 0 Å². The fourth-order valence-corrected chi connectivity index (χ4v) is 1.17. The summed E-state index contributed by atoms with van der Waals surface area (Å²) in [4.78, 5) is 0. The maximum absolute atomic E-state index is 7.62. The Labute approximate surface area is 103 Å². The zero-order valence-electron chi connectivity index (χ0n) is 11.8. The third-order valence-electron chi connectivity index (χ3n) is 2.32. The number of hydrogen-bond acceptors (Lipinski definition) is 1. The van der Waals surface area contributed by atoms with Crippen LogP contribution in [-0.2, 0) is 0 Å². The van der Waals surface area contributed by atoms with Gasteiger partial charge in [-0.2, -0.15) is 5.26 Å². The Hall–Kier alpha value is -0.770. The SMILES string of the molecule is CCC#N.CCCCC=C(C)CCC(C)C. The van der Waals surface area contributed by atoms with Gasteiger partial charge in [-0.1, -0.05) is 52.2 Å². The molecule has 0 radical (unpaired) electrons. The van der Waals surface area contributed by atoms with Crippen LogP contribution in [0.2, 0.25) is 0 Å². The maximum atomic E-state index is 7.62. The Morgan fingerprint density at radius 1 is 1.31 bits per heavy atom. The summed E-state index contributed by atoms with van der Waals surface area (Å²) in [6, 6.07) is 1.93. The van der Waals surface area contributed by atoms with Crippen LogP contribution < -0.4 is 0 Å². The van der Waals surface area contributed by atoms with Crippen molar-refractivity contribution in [1.29, 1.82) is 5.26 Å². The molecular formula is C15H29N. The second-order valence-corrected chi connectivity index (χ2v) is 4.64. The van der Waals surface area contributed by atoms with Gasteiger partial charge in [0.15, 0.2) is 0 Å². The van der Waals surface area contributed by atoms with Crippen LogP contribution in [0, 0.1) is 17.2 Å². The monoisotopic (exact) mass is 223 g/mol. The predicted molar refractivity (Wildman–Crippen MR) is 73.3 cm³/mol. The van der Waals surface area contributed by atoms with Crippen LogP contribution in [0.4, 0.5) is 0 Å². The van der Waals surface area contributed by atoms with E-state index in [0.717, 1.165) is 5.92 Å². The van der Waals surface area contributed by atoms with Gasteiger partial charge in [-0.15, -0.1) is 0 Å². The minimum atomic E-state index is 0.625. The van der Waals surface area contributed by atoms with E-state index in [9.17, 15) is 0 Å². The smallest absolute Gasteiger partial charge is 0.0618 e. The average Bonchev–Trinajstić information content (AvgIpc) is 2.27. The number of hydrogen-bond donors (Lipinski definition) is 0. The second kappa shape index (κ2) is 14.2. The molecule has 0 rings (SSSR count). The highest BCUT2D eigenvalue weighted by Gasteiger charge is 1.94. The molecule has 0 saturated carbocycles. The first-order valence-corrected chi connectivity index (χ1v) is 6.60. The molecule has 0 spiro atoms. The van der Waals surface area contributed by atoms with E-state index in [4.69, 9.17) is 5.26 Å². The topological polar surface area (TPSA) is 23.8 Å². The van der Waals surface area contributed by atoms with Crippen LogP contribution in [0.3, 0.4) is 0 Å². The molecule has 0 aliphatic heterocycles. The molecule has 0 aromatic rings. The van der Waals surface area contributed by atoms with Crippen LogP contribution in [0.1, 0.15) is 73.1 Å². The summed E-state index contributed by atoms with van der Waals surface area (Å²) in [6.07, 6.45) is 9.61. The van der Waals surface area contributed by atoms with Gasteiger partial charge in [0.2, 0.25) is 0 Å². The van der Waals surface area contributed by atoms with Crippen LogP contribution in [0.25, 0.3) is 0 Å². The molecule has 0 aromatic carbocycles. The average molecular weight is 223 g/mol. The lowest BCUT2D eigenvalue weighted by Crippen LogP contribution is -1.87. The molecule has 0 aromatic heterocycles. The third kappa shape index (κ3) is 18.9. The normalized spacial score (nSPS) is 10.7. The van der Waals surface area contributed by atoms with E-state index in [1.54, 1.807) is 5.57 Å². The first-order valence-electron chi connectivity index (χ1n) is 6.60. The molecule has 0 fully saturated rings. The number of nitrogens with zero attached hydrogens (tertiary/aromatic N) is 1. The fraction of sp³-hybridized carbons (Fsp3) is 0.800. The maximum Gasteiger partial charge on any atom is 0.0618 e. The highest BCUT2D eigenvalue weighted by molar-refractivity contribution is 4.97. The van der Waals surface area contributed by atoms with Crippen LogP contribution in [-0.4, -0.2) is 0 Å². The Balaban J connectivity index is 0. The second-order valence-electron chi connectivity index (χ2n) is 4.64. The molecule has 0 atom stereocenters. The van der Waals surface area contributed by atoms with Crippen LogP contribution >= 0.6 is 0 Å². The molecule has 0 bridgehead atoms. The van der Waals surface area contributed by atoms with Crippen molar-refractivity contribution in [2.75, 3.05) is 0 Å². The fourth-order valence-electron chi connectivity index (χ4n) is 1.17. The lowest BCUT2D eigenvalue weighted by molar-refractivity contribution is 0.583. The highest BCUT2D eigenvalue weighted by Crippen LogP contribution is 2.12. The molecule has 16 heavy (non-hydrogen) atoms. The summed E-state index contributed by atoms with van der Waals surface area (Å²) < 4.78 is 0. The van der Waals surface area contributed by atoms with Gasteiger partial charge < -0.3 is 0 Å². The zero-order chi connectivity index (χ0) is 12.8. The van der Waals surface area contributed by atoms with Crippen molar-refractivity contribution in [2.45, 2.75) is 73.1 Å². The molecule has 0 amide bonds. The molecule has 0 heterocycles. The van der Waals surface area contributed by atoms with Crippen molar-refractivity contribution in [3.05, 3.63) is 11.6 Å². The van der Waals surface area contributed by atoms with Crippen molar-refractivity contribution >= 4 is 0 Å². The van der Waals surface area contributed by atoms with E-state index in [1.807, 2.05) is 13.0 Å². The summed E-state index contributed by atoms with van der Waals surface area (Å²) >= 11 is 0. The minimum absolute atomic E-state index is 0.625. The van der Waals surface area contributed by atoms with Crippen molar-refractivity contribution in [3.63, 3.8) is 0 Å².